The number of aliphatic hydroxyl groups is 1. The number of hydrogen-bond acceptors (Lipinski definition) is 3. The van der Waals surface area contributed by atoms with Gasteiger partial charge >= 0.3 is 0 Å². The first kappa shape index (κ1) is 8.43. The molecule has 3 nitrogen and oxygen atoms in total. The Labute approximate surface area is 54.6 Å². The second kappa shape index (κ2) is 7.43. The van der Waals surface area contributed by atoms with Crippen LogP contribution in [0, 0.1) is 19.3 Å². The van der Waals surface area contributed by atoms with Crippen LogP contribution < -0.4 is 0 Å². The lowest BCUT2D eigenvalue weighted by Crippen LogP contribution is -1.94. The Morgan fingerprint density at radius 2 is 2.22 bits per heavy atom. The molecule has 3 heteroatoms. The summed E-state index contributed by atoms with van der Waals surface area (Å²) in [6.07, 6.45) is 4.81. The van der Waals surface area contributed by atoms with Gasteiger partial charge in [-0.1, -0.05) is 0 Å². The minimum atomic E-state index is 0.0115. The summed E-state index contributed by atoms with van der Waals surface area (Å²) in [7, 11) is 0. The van der Waals surface area contributed by atoms with E-state index in [1.807, 2.05) is 0 Å². The van der Waals surface area contributed by atoms with E-state index in [0.717, 1.165) is 0 Å². The van der Waals surface area contributed by atoms with Crippen molar-refractivity contribution in [1.82, 2.24) is 0 Å². The Hall–Kier alpha value is -0.570. The molecule has 0 heterocycles. The Morgan fingerprint density at radius 3 is 2.78 bits per heavy atom. The quantitative estimate of drug-likeness (QED) is 0.398. The van der Waals surface area contributed by atoms with Crippen LogP contribution in [0.4, 0.5) is 0 Å². The van der Waals surface area contributed by atoms with Crippen LogP contribution in [-0.2, 0) is 9.53 Å². The molecule has 0 saturated heterocycles. The SMILES string of the molecule is O=COC[CH][CH][CH]CO. The molecule has 0 atom stereocenters. The maximum atomic E-state index is 9.52. The minimum absolute atomic E-state index is 0.0115. The zero-order chi connectivity index (χ0) is 6.95. The van der Waals surface area contributed by atoms with Gasteiger partial charge in [-0.05, 0) is 12.8 Å². The summed E-state index contributed by atoms with van der Waals surface area (Å²) < 4.78 is 4.31. The first-order valence-electron chi connectivity index (χ1n) is 2.56. The number of carbonyl (C=O) groups excluding carboxylic acids is 1. The van der Waals surface area contributed by atoms with E-state index in [0.29, 0.717) is 6.47 Å². The Kier molecular flexibility index (Phi) is 6.96. The minimum Gasteiger partial charge on any atom is -0.468 e. The van der Waals surface area contributed by atoms with E-state index in [1.165, 1.54) is 0 Å². The zero-order valence-electron chi connectivity index (χ0n) is 4.99. The summed E-state index contributed by atoms with van der Waals surface area (Å²) >= 11 is 0. The van der Waals surface area contributed by atoms with E-state index in [4.69, 9.17) is 5.11 Å². The average Bonchev–Trinajstić information content (AvgIpc) is 1.89. The van der Waals surface area contributed by atoms with Crippen LogP contribution in [-0.4, -0.2) is 24.8 Å². The highest BCUT2D eigenvalue weighted by Gasteiger charge is 1.87. The molecule has 0 rings (SSSR count). The first-order chi connectivity index (χ1) is 4.41. The summed E-state index contributed by atoms with van der Waals surface area (Å²) in [4.78, 5) is 9.52. The number of unbranched alkanes of at least 4 members (excludes halogenated alkanes) is 2. The molecule has 0 aromatic heterocycles. The van der Waals surface area contributed by atoms with Crippen LogP contribution in [0.15, 0.2) is 0 Å². The molecule has 3 radical (unpaired) electrons. The van der Waals surface area contributed by atoms with Crippen LogP contribution >= 0.6 is 0 Å². The summed E-state index contributed by atoms with van der Waals surface area (Å²) in [5.74, 6) is 0. The number of ether oxygens (including phenoxy) is 1. The monoisotopic (exact) mass is 129 g/mol. The van der Waals surface area contributed by atoms with Crippen molar-refractivity contribution in [3.05, 3.63) is 19.3 Å². The number of rotatable bonds is 6. The molecule has 9 heavy (non-hydrogen) atoms. The van der Waals surface area contributed by atoms with Gasteiger partial charge in [0.1, 0.15) is 0 Å². The highest BCUT2D eigenvalue weighted by Crippen LogP contribution is 1.88. The highest BCUT2D eigenvalue weighted by atomic mass is 16.5. The maximum Gasteiger partial charge on any atom is 0.293 e. The van der Waals surface area contributed by atoms with Crippen LogP contribution in [0.25, 0.3) is 0 Å². The van der Waals surface area contributed by atoms with Gasteiger partial charge in [0.05, 0.1) is 6.61 Å². The average molecular weight is 129 g/mol. The second-order valence-electron chi connectivity index (χ2n) is 1.28. The van der Waals surface area contributed by atoms with Crippen LogP contribution in [0.3, 0.4) is 0 Å². The molecule has 0 amide bonds. The van der Waals surface area contributed by atoms with Crippen molar-refractivity contribution >= 4 is 6.47 Å². The number of hydrogen-bond donors (Lipinski definition) is 1. The largest absolute Gasteiger partial charge is 0.468 e. The zero-order valence-corrected chi connectivity index (χ0v) is 4.99. The van der Waals surface area contributed by atoms with Gasteiger partial charge in [0.15, 0.2) is 0 Å². The van der Waals surface area contributed by atoms with Gasteiger partial charge in [-0.2, -0.15) is 0 Å². The molecule has 0 bridgehead atoms. The smallest absolute Gasteiger partial charge is 0.293 e. The first-order valence-corrected chi connectivity index (χ1v) is 2.56. The Bertz CT molecular complexity index is 63.3. The van der Waals surface area contributed by atoms with Crippen molar-refractivity contribution in [2.75, 3.05) is 13.2 Å². The summed E-state index contributed by atoms with van der Waals surface area (Å²) in [5.41, 5.74) is 0. The standard InChI is InChI=1S/C6H9O3/c7-4-2-1-3-5-9-6-8/h1-3,6-7H,4-5H2. The van der Waals surface area contributed by atoms with Crippen molar-refractivity contribution < 1.29 is 14.6 Å². The molecule has 1 N–H and O–H groups in total. The topological polar surface area (TPSA) is 46.5 Å². The van der Waals surface area contributed by atoms with Gasteiger partial charge in [-0.3, -0.25) is 4.79 Å². The third-order valence-corrected chi connectivity index (χ3v) is 0.638. The van der Waals surface area contributed by atoms with Crippen molar-refractivity contribution in [2.24, 2.45) is 0 Å². The Balaban J connectivity index is 2.66. The van der Waals surface area contributed by atoms with Crippen LogP contribution in [0.5, 0.6) is 0 Å². The van der Waals surface area contributed by atoms with Gasteiger partial charge in [0.25, 0.3) is 6.47 Å². The molecule has 0 aliphatic carbocycles. The van der Waals surface area contributed by atoms with Crippen LogP contribution in [0.1, 0.15) is 0 Å². The molecular weight excluding hydrogens is 120 g/mol. The molecule has 51 valence electrons. The molecule has 0 aliphatic rings. The summed E-state index contributed by atoms with van der Waals surface area (Å²) in [6, 6.07) is 0. The predicted molar refractivity (Wildman–Crippen MR) is 32.0 cm³/mol. The molecule has 0 saturated carbocycles. The third kappa shape index (κ3) is 7.43. The molecule has 0 aliphatic heterocycles. The van der Waals surface area contributed by atoms with Crippen molar-refractivity contribution in [1.29, 1.82) is 0 Å². The van der Waals surface area contributed by atoms with Gasteiger partial charge < -0.3 is 9.84 Å². The van der Waals surface area contributed by atoms with Gasteiger partial charge in [0, 0.05) is 13.0 Å². The third-order valence-electron chi connectivity index (χ3n) is 0.638. The van der Waals surface area contributed by atoms with Crippen molar-refractivity contribution in [3.63, 3.8) is 0 Å². The number of carbonyl (C=O) groups is 1. The summed E-state index contributed by atoms with van der Waals surface area (Å²) in [5, 5.41) is 8.21. The lowest BCUT2D eigenvalue weighted by Gasteiger charge is -1.94. The highest BCUT2D eigenvalue weighted by molar-refractivity contribution is 5.37. The van der Waals surface area contributed by atoms with E-state index in [1.54, 1.807) is 19.3 Å². The van der Waals surface area contributed by atoms with Crippen molar-refractivity contribution in [2.45, 2.75) is 0 Å². The molecule has 0 fully saturated rings. The van der Waals surface area contributed by atoms with Gasteiger partial charge in [0.2, 0.25) is 0 Å². The summed E-state index contributed by atoms with van der Waals surface area (Å²) in [6.45, 7) is 0.654. The van der Waals surface area contributed by atoms with E-state index in [-0.39, 0.29) is 13.2 Å². The van der Waals surface area contributed by atoms with Gasteiger partial charge in [-0.25, -0.2) is 0 Å². The predicted octanol–water partition coefficient (Wildman–Crippen LogP) is -0.235. The van der Waals surface area contributed by atoms with Crippen molar-refractivity contribution in [3.8, 4) is 0 Å². The maximum absolute atomic E-state index is 9.52. The molecule has 0 spiro atoms. The van der Waals surface area contributed by atoms with E-state index in [2.05, 4.69) is 4.74 Å². The van der Waals surface area contributed by atoms with Crippen LogP contribution in [0.2, 0.25) is 0 Å². The normalized spacial score (nSPS) is 9.00. The molecule has 0 aromatic carbocycles. The molecular formula is C6H9O3. The van der Waals surface area contributed by atoms with E-state index in [9.17, 15) is 4.79 Å². The number of aliphatic hydroxyl groups excluding tert-OH is 1. The molecule has 0 unspecified atom stereocenters. The van der Waals surface area contributed by atoms with E-state index >= 15 is 0 Å². The Morgan fingerprint density at radius 1 is 1.44 bits per heavy atom. The fourth-order valence-electron chi connectivity index (χ4n) is 0.307. The van der Waals surface area contributed by atoms with Gasteiger partial charge in [-0.15, -0.1) is 0 Å². The van der Waals surface area contributed by atoms with E-state index < -0.39 is 0 Å². The molecule has 0 aromatic rings. The lowest BCUT2D eigenvalue weighted by molar-refractivity contribution is -0.127. The fraction of sp³-hybridized carbons (Fsp3) is 0.333. The fourth-order valence-corrected chi connectivity index (χ4v) is 0.307. The second-order valence-corrected chi connectivity index (χ2v) is 1.28. The lowest BCUT2D eigenvalue weighted by atomic mass is 10.2.